The van der Waals surface area contributed by atoms with E-state index < -0.39 is 5.54 Å². The summed E-state index contributed by atoms with van der Waals surface area (Å²) in [6.07, 6.45) is 3.04. The highest BCUT2D eigenvalue weighted by molar-refractivity contribution is 5.88. The lowest BCUT2D eigenvalue weighted by Gasteiger charge is -2.61. The van der Waals surface area contributed by atoms with Crippen LogP contribution in [0.2, 0.25) is 0 Å². The van der Waals surface area contributed by atoms with Gasteiger partial charge in [-0.3, -0.25) is 9.59 Å². The van der Waals surface area contributed by atoms with Crippen LogP contribution >= 0.6 is 0 Å². The molecule has 2 N–H and O–H groups in total. The molecule has 3 aliphatic carbocycles. The van der Waals surface area contributed by atoms with Crippen LogP contribution in [-0.4, -0.2) is 37.4 Å². The number of hydrogen-bond donors (Lipinski definition) is 2. The van der Waals surface area contributed by atoms with E-state index in [0.717, 1.165) is 30.6 Å². The molecule has 178 valence electrons. The maximum absolute atomic E-state index is 14.0. The molecule has 1 heterocycles. The van der Waals surface area contributed by atoms with Crippen LogP contribution in [-0.2, 0) is 21.4 Å². The van der Waals surface area contributed by atoms with Crippen molar-refractivity contribution < 1.29 is 14.3 Å². The fraction of sp³-hybridized carbons (Fsp3) is 0.333. The van der Waals surface area contributed by atoms with Gasteiger partial charge in [0.1, 0.15) is 5.75 Å². The Balaban J connectivity index is 1.52. The molecule has 0 spiro atoms. The molecule has 5 atom stereocenters. The average Bonchev–Trinajstić information content (AvgIpc) is 3.32. The van der Waals surface area contributed by atoms with Gasteiger partial charge < -0.3 is 15.4 Å². The molecule has 1 saturated heterocycles. The summed E-state index contributed by atoms with van der Waals surface area (Å²) in [6, 6.07) is 26.5. The quantitative estimate of drug-likeness (QED) is 0.521. The van der Waals surface area contributed by atoms with Gasteiger partial charge in [0.2, 0.25) is 6.41 Å². The fourth-order valence-electron chi connectivity index (χ4n) is 7.61. The number of Topliss-reactive ketones (excluding diaryl/α,β-unsaturated/α-hetero) is 1. The molecule has 5 heteroatoms. The van der Waals surface area contributed by atoms with Crippen molar-refractivity contribution in [1.82, 2.24) is 10.6 Å². The van der Waals surface area contributed by atoms with Gasteiger partial charge in [-0.1, -0.05) is 72.8 Å². The molecular formula is C30H30N2O3. The fourth-order valence-corrected chi connectivity index (χ4v) is 7.61. The Labute approximate surface area is 205 Å². The Morgan fingerprint density at radius 2 is 1.80 bits per heavy atom. The van der Waals surface area contributed by atoms with Gasteiger partial charge in [-0.05, 0) is 35.6 Å². The number of fused-ring (bicyclic) bond motifs is 1. The first-order chi connectivity index (χ1) is 17.2. The van der Waals surface area contributed by atoms with Gasteiger partial charge in [0.05, 0.1) is 18.7 Å². The number of rotatable bonds is 7. The minimum absolute atomic E-state index is 0.0987. The third-order valence-corrected chi connectivity index (χ3v) is 8.82. The summed E-state index contributed by atoms with van der Waals surface area (Å²) in [6.45, 7) is 0.576. The number of ketones is 1. The molecular weight excluding hydrogens is 436 g/mol. The van der Waals surface area contributed by atoms with Gasteiger partial charge in [-0.2, -0.15) is 0 Å². The second-order valence-corrected chi connectivity index (χ2v) is 10.1. The van der Waals surface area contributed by atoms with Crippen molar-refractivity contribution in [3.05, 3.63) is 101 Å². The molecule has 3 aromatic carbocycles. The maximum atomic E-state index is 14.0. The molecule has 7 rings (SSSR count). The molecule has 35 heavy (non-hydrogen) atoms. The Morgan fingerprint density at radius 1 is 1.06 bits per heavy atom. The Hall–Kier alpha value is -3.44. The van der Waals surface area contributed by atoms with Gasteiger partial charge >= 0.3 is 0 Å². The summed E-state index contributed by atoms with van der Waals surface area (Å²) in [5.74, 6) is 0.924. The van der Waals surface area contributed by atoms with E-state index in [1.165, 1.54) is 16.7 Å². The Morgan fingerprint density at radius 3 is 2.60 bits per heavy atom. The van der Waals surface area contributed by atoms with E-state index >= 15 is 0 Å². The zero-order chi connectivity index (χ0) is 24.0. The molecule has 1 saturated carbocycles. The minimum Gasteiger partial charge on any atom is -0.496 e. The SMILES string of the molecule is COc1ccccc1CC(=O)C1NCC2(NC=O)C3CCC(c4ccccc4)(c4ccccc43)C12. The molecule has 1 aliphatic heterocycles. The lowest BCUT2D eigenvalue weighted by Crippen LogP contribution is -2.68. The van der Waals surface area contributed by atoms with Crippen molar-refractivity contribution in [3.63, 3.8) is 0 Å². The molecule has 5 unspecified atom stereocenters. The summed E-state index contributed by atoms with van der Waals surface area (Å²) in [7, 11) is 1.64. The van der Waals surface area contributed by atoms with E-state index in [9.17, 15) is 9.59 Å². The number of methoxy groups -OCH3 is 1. The highest BCUT2D eigenvalue weighted by Gasteiger charge is 2.69. The number of carbonyl (C=O) groups excluding carboxylic acids is 2. The third kappa shape index (κ3) is 3.04. The lowest BCUT2D eigenvalue weighted by molar-refractivity contribution is -0.123. The highest BCUT2D eigenvalue weighted by Crippen LogP contribution is 2.65. The van der Waals surface area contributed by atoms with E-state index in [-0.39, 0.29) is 35.5 Å². The molecule has 2 fully saturated rings. The Kier molecular flexibility index (Phi) is 5.26. The van der Waals surface area contributed by atoms with Gasteiger partial charge in [-0.15, -0.1) is 0 Å². The summed E-state index contributed by atoms with van der Waals surface area (Å²) < 4.78 is 5.53. The zero-order valence-corrected chi connectivity index (χ0v) is 19.9. The van der Waals surface area contributed by atoms with Crippen LogP contribution in [0.5, 0.6) is 5.75 Å². The molecule has 2 bridgehead atoms. The van der Waals surface area contributed by atoms with Crippen LogP contribution in [0.4, 0.5) is 0 Å². The normalized spacial score (nSPS) is 30.3. The van der Waals surface area contributed by atoms with Crippen molar-refractivity contribution in [3.8, 4) is 5.75 Å². The number of hydrogen-bond acceptors (Lipinski definition) is 4. The van der Waals surface area contributed by atoms with E-state index in [1.54, 1.807) is 7.11 Å². The predicted octanol–water partition coefficient (Wildman–Crippen LogP) is 3.76. The van der Waals surface area contributed by atoms with Crippen LogP contribution in [0, 0.1) is 5.92 Å². The van der Waals surface area contributed by atoms with E-state index in [0.29, 0.717) is 6.54 Å². The third-order valence-electron chi connectivity index (χ3n) is 8.82. The predicted molar refractivity (Wildman–Crippen MR) is 135 cm³/mol. The van der Waals surface area contributed by atoms with Crippen molar-refractivity contribution >= 4 is 12.2 Å². The molecule has 0 radical (unpaired) electrons. The molecule has 5 nitrogen and oxygen atoms in total. The average molecular weight is 467 g/mol. The largest absolute Gasteiger partial charge is 0.496 e. The molecule has 0 aromatic heterocycles. The summed E-state index contributed by atoms with van der Waals surface area (Å²) in [5, 5.41) is 6.88. The van der Waals surface area contributed by atoms with Crippen molar-refractivity contribution in [2.45, 2.75) is 42.2 Å². The summed E-state index contributed by atoms with van der Waals surface area (Å²) in [5.41, 5.74) is 3.81. The number of ether oxygens (including phenoxy) is 1. The number of amides is 1. The van der Waals surface area contributed by atoms with Crippen LogP contribution < -0.4 is 15.4 Å². The second-order valence-electron chi connectivity index (χ2n) is 10.1. The first-order valence-electron chi connectivity index (χ1n) is 12.4. The second kappa shape index (κ2) is 8.35. The maximum Gasteiger partial charge on any atom is 0.207 e. The van der Waals surface area contributed by atoms with Crippen molar-refractivity contribution in [1.29, 1.82) is 0 Å². The van der Waals surface area contributed by atoms with Crippen LogP contribution in [0.3, 0.4) is 0 Å². The molecule has 4 aliphatic rings. The highest BCUT2D eigenvalue weighted by atomic mass is 16.5. The van der Waals surface area contributed by atoms with Gasteiger partial charge in [-0.25, -0.2) is 0 Å². The number of carbonyl (C=O) groups is 2. The van der Waals surface area contributed by atoms with Gasteiger partial charge in [0.25, 0.3) is 0 Å². The smallest absolute Gasteiger partial charge is 0.207 e. The van der Waals surface area contributed by atoms with Crippen LogP contribution in [0.1, 0.15) is 41.0 Å². The number of para-hydroxylation sites is 1. The topological polar surface area (TPSA) is 67.4 Å². The van der Waals surface area contributed by atoms with E-state index in [4.69, 9.17) is 4.74 Å². The van der Waals surface area contributed by atoms with Crippen LogP contribution in [0.15, 0.2) is 78.9 Å². The lowest BCUT2D eigenvalue weighted by atomic mass is 9.43. The van der Waals surface area contributed by atoms with Gasteiger partial charge in [0, 0.05) is 35.8 Å². The monoisotopic (exact) mass is 466 g/mol. The molecule has 3 aromatic rings. The number of nitrogens with one attached hydrogen (secondary N) is 2. The van der Waals surface area contributed by atoms with Crippen LogP contribution in [0.25, 0.3) is 0 Å². The zero-order valence-electron chi connectivity index (χ0n) is 19.9. The molecule has 1 amide bonds. The standard InChI is InChI=1S/C30H30N2O3/c1-35-26-14-8-5-9-20(26)17-25(34)27-28-29(21-10-3-2-4-11-21)16-15-24(22-12-6-7-13-23(22)29)30(28,18-31-27)32-19-33/h2-14,19,24,27-28,31H,15-18H2,1H3,(H,32,33). The van der Waals surface area contributed by atoms with E-state index in [2.05, 4.69) is 59.2 Å². The summed E-state index contributed by atoms with van der Waals surface area (Å²) >= 11 is 0. The van der Waals surface area contributed by atoms with Crippen molar-refractivity contribution in [2.75, 3.05) is 13.7 Å². The summed E-state index contributed by atoms with van der Waals surface area (Å²) in [4.78, 5) is 26.1. The Bertz CT molecular complexity index is 1280. The minimum atomic E-state index is -0.523. The first-order valence-corrected chi connectivity index (χ1v) is 12.4. The number of benzene rings is 3. The van der Waals surface area contributed by atoms with Gasteiger partial charge in [0.15, 0.2) is 5.78 Å². The van der Waals surface area contributed by atoms with Crippen molar-refractivity contribution in [2.24, 2.45) is 5.92 Å². The first kappa shape index (κ1) is 22.1. The van der Waals surface area contributed by atoms with E-state index in [1.807, 2.05) is 30.3 Å².